The molecule has 1 aliphatic rings. The van der Waals surface area contributed by atoms with E-state index in [9.17, 15) is 5.11 Å². The quantitative estimate of drug-likeness (QED) is 0.325. The summed E-state index contributed by atoms with van der Waals surface area (Å²) in [6.45, 7) is 8.33. The Balaban J connectivity index is 1.76. The van der Waals surface area contributed by atoms with Crippen LogP contribution >= 0.6 is 0 Å². The summed E-state index contributed by atoms with van der Waals surface area (Å²) in [5, 5.41) is 16.3. The van der Waals surface area contributed by atoms with Crippen LogP contribution < -0.4 is 15.4 Å². The van der Waals surface area contributed by atoms with E-state index in [1.54, 1.807) is 6.07 Å². The van der Waals surface area contributed by atoms with Gasteiger partial charge in [-0.15, -0.1) is 0 Å². The topological polar surface area (TPSA) is 75.1 Å². The largest absolute Gasteiger partial charge is 0.504 e. The summed E-state index contributed by atoms with van der Waals surface area (Å²) >= 11 is 0. The number of rotatable bonds is 11. The monoisotopic (exact) mass is 349 g/mol. The molecule has 1 aromatic carbocycles. The second kappa shape index (κ2) is 10.8. The van der Waals surface area contributed by atoms with E-state index in [1.165, 1.54) is 12.8 Å². The van der Waals surface area contributed by atoms with Crippen LogP contribution in [0.2, 0.25) is 0 Å². The first-order valence-electron chi connectivity index (χ1n) is 9.27. The number of guanidine groups is 1. The van der Waals surface area contributed by atoms with Gasteiger partial charge in [-0.3, -0.25) is 0 Å². The van der Waals surface area contributed by atoms with Crippen molar-refractivity contribution in [3.05, 3.63) is 23.8 Å². The van der Waals surface area contributed by atoms with Crippen molar-refractivity contribution in [3.63, 3.8) is 0 Å². The first kappa shape index (κ1) is 19.4. The molecule has 25 heavy (non-hydrogen) atoms. The second-order valence-electron chi connectivity index (χ2n) is 6.23. The smallest absolute Gasteiger partial charge is 0.191 e. The number of nitrogens with zero attached hydrogens (tertiary/aromatic N) is 1. The zero-order chi connectivity index (χ0) is 17.9. The highest BCUT2D eigenvalue weighted by Gasteiger charge is 2.20. The molecule has 6 heteroatoms. The third-order valence-electron chi connectivity index (χ3n) is 3.90. The molecule has 1 aliphatic carbocycles. The Morgan fingerprint density at radius 1 is 1.28 bits per heavy atom. The zero-order valence-electron chi connectivity index (χ0n) is 15.4. The minimum absolute atomic E-state index is 0.158. The minimum Gasteiger partial charge on any atom is -0.504 e. The number of benzene rings is 1. The van der Waals surface area contributed by atoms with Crippen molar-refractivity contribution in [2.75, 3.05) is 32.9 Å². The molecule has 0 bridgehead atoms. The molecule has 0 unspecified atom stereocenters. The van der Waals surface area contributed by atoms with Crippen molar-refractivity contribution < 1.29 is 14.6 Å². The van der Waals surface area contributed by atoms with Crippen LogP contribution in [0.15, 0.2) is 23.2 Å². The first-order valence-corrected chi connectivity index (χ1v) is 9.27. The standard InChI is InChI=1S/C19H31N3O3/c1-3-20-19(21-10-5-11-24-14-15-6-7-15)22-13-16-8-9-17(23)18(12-16)25-4-2/h8-9,12,15,23H,3-7,10-11,13-14H2,1-2H3,(H2,20,21,22). The van der Waals surface area contributed by atoms with Crippen molar-refractivity contribution in [3.8, 4) is 11.5 Å². The maximum atomic E-state index is 9.76. The number of aliphatic imine (C=N–C) groups is 1. The van der Waals surface area contributed by atoms with Crippen LogP contribution in [0.5, 0.6) is 11.5 Å². The van der Waals surface area contributed by atoms with Crippen molar-refractivity contribution in [1.82, 2.24) is 10.6 Å². The fourth-order valence-electron chi connectivity index (χ4n) is 2.36. The molecule has 6 nitrogen and oxygen atoms in total. The van der Waals surface area contributed by atoms with Gasteiger partial charge in [-0.2, -0.15) is 0 Å². The van der Waals surface area contributed by atoms with Crippen molar-refractivity contribution >= 4 is 5.96 Å². The molecule has 1 aromatic rings. The van der Waals surface area contributed by atoms with E-state index in [0.29, 0.717) is 18.9 Å². The molecule has 3 N–H and O–H groups in total. The predicted molar refractivity (Wildman–Crippen MR) is 100 cm³/mol. The molecule has 0 spiro atoms. The molecule has 0 aliphatic heterocycles. The van der Waals surface area contributed by atoms with E-state index in [2.05, 4.69) is 15.6 Å². The van der Waals surface area contributed by atoms with Gasteiger partial charge < -0.3 is 25.2 Å². The lowest BCUT2D eigenvalue weighted by Crippen LogP contribution is -2.38. The number of nitrogens with one attached hydrogen (secondary N) is 2. The maximum Gasteiger partial charge on any atom is 0.191 e. The summed E-state index contributed by atoms with van der Waals surface area (Å²) in [5.74, 6) is 2.27. The number of aromatic hydroxyl groups is 1. The molecular formula is C19H31N3O3. The summed E-state index contributed by atoms with van der Waals surface area (Å²) in [7, 11) is 0. The lowest BCUT2D eigenvalue weighted by atomic mass is 10.2. The highest BCUT2D eigenvalue weighted by molar-refractivity contribution is 5.79. The number of hydrogen-bond acceptors (Lipinski definition) is 4. The zero-order valence-corrected chi connectivity index (χ0v) is 15.4. The van der Waals surface area contributed by atoms with E-state index in [1.807, 2.05) is 26.0 Å². The van der Waals surface area contributed by atoms with Gasteiger partial charge in [0.2, 0.25) is 0 Å². The lowest BCUT2D eigenvalue weighted by molar-refractivity contribution is 0.123. The van der Waals surface area contributed by atoms with Gasteiger partial charge in [-0.1, -0.05) is 6.07 Å². The van der Waals surface area contributed by atoms with Crippen LogP contribution in [0.4, 0.5) is 0 Å². The first-order chi connectivity index (χ1) is 12.2. The molecule has 0 heterocycles. The van der Waals surface area contributed by atoms with Gasteiger partial charge in [-0.25, -0.2) is 4.99 Å². The summed E-state index contributed by atoms with van der Waals surface area (Å²) < 4.78 is 11.0. The fourth-order valence-corrected chi connectivity index (χ4v) is 2.36. The van der Waals surface area contributed by atoms with Crippen LogP contribution in [0.25, 0.3) is 0 Å². The average Bonchev–Trinajstić information content (AvgIpc) is 3.42. The number of phenols is 1. The number of hydrogen-bond donors (Lipinski definition) is 3. The Morgan fingerprint density at radius 2 is 2.12 bits per heavy atom. The molecule has 1 fully saturated rings. The lowest BCUT2D eigenvalue weighted by Gasteiger charge is -2.12. The van der Waals surface area contributed by atoms with Gasteiger partial charge >= 0.3 is 0 Å². The van der Waals surface area contributed by atoms with Gasteiger partial charge in [0.15, 0.2) is 17.5 Å². The summed E-state index contributed by atoms with van der Waals surface area (Å²) in [6.07, 6.45) is 3.63. The third-order valence-corrected chi connectivity index (χ3v) is 3.90. The molecule has 0 amide bonds. The van der Waals surface area contributed by atoms with E-state index in [0.717, 1.165) is 50.2 Å². The van der Waals surface area contributed by atoms with Crippen LogP contribution in [0, 0.1) is 5.92 Å². The summed E-state index contributed by atoms with van der Waals surface area (Å²) in [4.78, 5) is 4.59. The normalized spacial score (nSPS) is 14.4. The Kier molecular flexibility index (Phi) is 8.39. The molecule has 2 rings (SSSR count). The molecule has 0 saturated heterocycles. The highest BCUT2D eigenvalue weighted by Crippen LogP contribution is 2.28. The maximum absolute atomic E-state index is 9.76. The van der Waals surface area contributed by atoms with Crippen molar-refractivity contribution in [1.29, 1.82) is 0 Å². The second-order valence-corrected chi connectivity index (χ2v) is 6.23. The van der Waals surface area contributed by atoms with E-state index >= 15 is 0 Å². The molecular weight excluding hydrogens is 318 g/mol. The van der Waals surface area contributed by atoms with Gasteiger partial charge in [0.05, 0.1) is 13.2 Å². The number of phenolic OH excluding ortho intramolecular Hbond substituents is 1. The molecule has 0 atom stereocenters. The number of ether oxygens (including phenoxy) is 2. The van der Waals surface area contributed by atoms with Crippen LogP contribution in [-0.2, 0) is 11.3 Å². The third kappa shape index (κ3) is 7.65. The minimum atomic E-state index is 0.158. The van der Waals surface area contributed by atoms with Crippen molar-refractivity contribution in [2.45, 2.75) is 39.7 Å². The SMILES string of the molecule is CCNC(=NCc1ccc(O)c(OCC)c1)NCCCOCC1CC1. The van der Waals surface area contributed by atoms with Gasteiger partial charge in [0.1, 0.15) is 0 Å². The van der Waals surface area contributed by atoms with E-state index < -0.39 is 0 Å². The van der Waals surface area contributed by atoms with E-state index in [4.69, 9.17) is 9.47 Å². The van der Waals surface area contributed by atoms with Crippen LogP contribution in [-0.4, -0.2) is 44.0 Å². The molecule has 0 radical (unpaired) electrons. The molecule has 1 saturated carbocycles. The average molecular weight is 349 g/mol. The Hall–Kier alpha value is -1.95. The Bertz CT molecular complexity index is 545. The van der Waals surface area contributed by atoms with Crippen LogP contribution in [0.1, 0.15) is 38.7 Å². The highest BCUT2D eigenvalue weighted by atomic mass is 16.5. The van der Waals surface area contributed by atoms with Crippen molar-refractivity contribution in [2.24, 2.45) is 10.9 Å². The van der Waals surface area contributed by atoms with Crippen LogP contribution in [0.3, 0.4) is 0 Å². The molecule has 140 valence electrons. The molecule has 0 aromatic heterocycles. The van der Waals surface area contributed by atoms with Gasteiger partial charge in [0.25, 0.3) is 0 Å². The fraction of sp³-hybridized carbons (Fsp3) is 0.632. The van der Waals surface area contributed by atoms with Gasteiger partial charge in [0, 0.05) is 26.3 Å². The predicted octanol–water partition coefficient (Wildman–Crippen LogP) is 2.66. The Labute approximate surface area is 150 Å². The summed E-state index contributed by atoms with van der Waals surface area (Å²) in [5.41, 5.74) is 0.992. The summed E-state index contributed by atoms with van der Waals surface area (Å²) in [6, 6.07) is 5.33. The van der Waals surface area contributed by atoms with Gasteiger partial charge in [-0.05, 0) is 56.7 Å². The Morgan fingerprint density at radius 3 is 2.84 bits per heavy atom. The van der Waals surface area contributed by atoms with E-state index in [-0.39, 0.29) is 5.75 Å².